The van der Waals surface area contributed by atoms with E-state index in [1.165, 1.54) is 0 Å². The molecule has 86 valence electrons. The summed E-state index contributed by atoms with van der Waals surface area (Å²) in [6, 6.07) is 7.72. The van der Waals surface area contributed by atoms with Crippen LogP contribution < -0.4 is 4.74 Å². The molecule has 1 N–H and O–H groups in total. The van der Waals surface area contributed by atoms with Crippen molar-refractivity contribution in [2.24, 2.45) is 0 Å². The Morgan fingerprint density at radius 1 is 1.29 bits per heavy atom. The Balaban J connectivity index is 2.19. The van der Waals surface area contributed by atoms with E-state index in [2.05, 4.69) is 4.98 Å². The van der Waals surface area contributed by atoms with Crippen molar-refractivity contribution in [3.8, 4) is 17.0 Å². The van der Waals surface area contributed by atoms with E-state index >= 15 is 0 Å². The molecule has 2 aromatic heterocycles. The lowest BCUT2D eigenvalue weighted by Gasteiger charge is -2.01. The molecule has 17 heavy (non-hydrogen) atoms. The molecule has 2 heterocycles. The third-order valence-corrected chi connectivity index (χ3v) is 3.02. The van der Waals surface area contributed by atoms with Crippen LogP contribution in [-0.4, -0.2) is 12.1 Å². The van der Waals surface area contributed by atoms with E-state index in [9.17, 15) is 0 Å². The molecule has 0 amide bonds. The molecular formula is C13H10ClNO2. The molecule has 0 aliphatic carbocycles. The van der Waals surface area contributed by atoms with Gasteiger partial charge in [0.2, 0.25) is 0 Å². The molecule has 0 aliphatic rings. The second kappa shape index (κ2) is 3.86. The van der Waals surface area contributed by atoms with E-state index in [1.54, 1.807) is 19.6 Å². The van der Waals surface area contributed by atoms with Gasteiger partial charge in [-0.1, -0.05) is 11.6 Å². The first-order valence-corrected chi connectivity index (χ1v) is 5.54. The molecule has 0 aliphatic heterocycles. The van der Waals surface area contributed by atoms with Crippen LogP contribution in [0.2, 0.25) is 5.02 Å². The van der Waals surface area contributed by atoms with Gasteiger partial charge in [0.1, 0.15) is 5.75 Å². The number of methoxy groups -OCH3 is 1. The second-order valence-corrected chi connectivity index (χ2v) is 4.18. The first kappa shape index (κ1) is 10.3. The molecule has 1 aromatic carbocycles. The highest BCUT2D eigenvalue weighted by molar-refractivity contribution is 6.32. The summed E-state index contributed by atoms with van der Waals surface area (Å²) >= 11 is 6.07. The van der Waals surface area contributed by atoms with E-state index in [4.69, 9.17) is 20.8 Å². The number of benzene rings is 1. The van der Waals surface area contributed by atoms with Crippen molar-refractivity contribution < 1.29 is 9.15 Å². The van der Waals surface area contributed by atoms with E-state index in [0.717, 1.165) is 22.2 Å². The number of fused-ring (bicyclic) bond motifs is 1. The van der Waals surface area contributed by atoms with Gasteiger partial charge < -0.3 is 14.1 Å². The fourth-order valence-corrected chi connectivity index (χ4v) is 2.10. The molecule has 0 unspecified atom stereocenters. The van der Waals surface area contributed by atoms with E-state index < -0.39 is 0 Å². The number of furan rings is 1. The molecule has 0 saturated carbocycles. The molecular weight excluding hydrogens is 238 g/mol. The predicted molar refractivity (Wildman–Crippen MR) is 67.6 cm³/mol. The van der Waals surface area contributed by atoms with Crippen LogP contribution in [-0.2, 0) is 0 Å². The largest absolute Gasteiger partial charge is 0.495 e. The number of hydrogen-bond acceptors (Lipinski definition) is 2. The monoisotopic (exact) mass is 247 g/mol. The topological polar surface area (TPSA) is 38.2 Å². The Morgan fingerprint density at radius 2 is 2.18 bits per heavy atom. The molecule has 3 aromatic rings. The Morgan fingerprint density at radius 3 is 2.88 bits per heavy atom. The summed E-state index contributed by atoms with van der Waals surface area (Å²) in [7, 11) is 1.61. The Kier molecular flexibility index (Phi) is 2.34. The lowest BCUT2D eigenvalue weighted by atomic mass is 10.2. The van der Waals surface area contributed by atoms with Crippen LogP contribution in [0.1, 0.15) is 0 Å². The van der Waals surface area contributed by atoms with Crippen LogP contribution in [0.4, 0.5) is 0 Å². The Bertz CT molecular complexity index is 655. The maximum absolute atomic E-state index is 6.07. The Hall–Kier alpha value is -1.87. The van der Waals surface area contributed by atoms with Gasteiger partial charge in [-0.25, -0.2) is 0 Å². The van der Waals surface area contributed by atoms with Crippen LogP contribution in [0.25, 0.3) is 22.2 Å². The van der Waals surface area contributed by atoms with E-state index in [1.807, 2.05) is 24.3 Å². The number of nitrogens with one attached hydrogen (secondary N) is 1. The van der Waals surface area contributed by atoms with Gasteiger partial charge in [0.25, 0.3) is 0 Å². The fraction of sp³-hybridized carbons (Fsp3) is 0.0769. The minimum absolute atomic E-state index is 0.598. The van der Waals surface area contributed by atoms with E-state index in [0.29, 0.717) is 10.8 Å². The summed E-state index contributed by atoms with van der Waals surface area (Å²) in [5.74, 6) is 0.678. The van der Waals surface area contributed by atoms with Gasteiger partial charge in [-0.05, 0) is 24.3 Å². The lowest BCUT2D eigenvalue weighted by Crippen LogP contribution is -1.83. The zero-order chi connectivity index (χ0) is 11.8. The van der Waals surface area contributed by atoms with Gasteiger partial charge in [-0.15, -0.1) is 0 Å². The summed E-state index contributed by atoms with van der Waals surface area (Å²) in [5, 5.41) is 1.66. The smallest absolute Gasteiger partial charge is 0.138 e. The highest BCUT2D eigenvalue weighted by Gasteiger charge is 2.08. The maximum Gasteiger partial charge on any atom is 0.138 e. The number of rotatable bonds is 2. The summed E-state index contributed by atoms with van der Waals surface area (Å²) in [5.41, 5.74) is 2.99. The maximum atomic E-state index is 6.07. The van der Waals surface area contributed by atoms with Crippen LogP contribution >= 0.6 is 11.6 Å². The van der Waals surface area contributed by atoms with Crippen molar-refractivity contribution in [3.63, 3.8) is 0 Å². The molecule has 4 heteroatoms. The average Bonchev–Trinajstić information content (AvgIpc) is 2.95. The molecule has 0 bridgehead atoms. The first-order chi connectivity index (χ1) is 8.28. The van der Waals surface area contributed by atoms with Crippen LogP contribution in [0.15, 0.2) is 41.2 Å². The predicted octanol–water partition coefficient (Wildman–Crippen LogP) is 4.09. The second-order valence-electron chi connectivity index (χ2n) is 3.77. The highest BCUT2D eigenvalue weighted by atomic mass is 35.5. The van der Waals surface area contributed by atoms with Crippen molar-refractivity contribution in [3.05, 3.63) is 41.8 Å². The fourth-order valence-electron chi connectivity index (χ4n) is 1.86. The molecule has 0 spiro atoms. The van der Waals surface area contributed by atoms with Gasteiger partial charge in [-0.3, -0.25) is 0 Å². The number of halogens is 1. The zero-order valence-corrected chi connectivity index (χ0v) is 9.91. The standard InChI is InChI=1S/C13H10ClNO2/c1-16-13-5-9-4-11(8-2-3-17-7-8)15-12(9)6-10(13)14/h2-7,15H,1H3. The van der Waals surface area contributed by atoms with Crippen molar-refractivity contribution in [2.45, 2.75) is 0 Å². The quantitative estimate of drug-likeness (QED) is 0.741. The van der Waals surface area contributed by atoms with Crippen LogP contribution in [0.5, 0.6) is 5.75 Å². The highest BCUT2D eigenvalue weighted by Crippen LogP contribution is 2.32. The van der Waals surface area contributed by atoms with Crippen molar-refractivity contribution >= 4 is 22.5 Å². The summed E-state index contributed by atoms with van der Waals surface area (Å²) in [6.45, 7) is 0. The average molecular weight is 248 g/mol. The minimum Gasteiger partial charge on any atom is -0.495 e. The number of aromatic nitrogens is 1. The number of H-pyrrole nitrogens is 1. The molecule has 0 radical (unpaired) electrons. The van der Waals surface area contributed by atoms with Gasteiger partial charge >= 0.3 is 0 Å². The van der Waals surface area contributed by atoms with Crippen LogP contribution in [0, 0.1) is 0 Å². The number of aromatic amines is 1. The summed E-state index contributed by atoms with van der Waals surface area (Å²) < 4.78 is 10.3. The minimum atomic E-state index is 0.598. The van der Waals surface area contributed by atoms with E-state index in [-0.39, 0.29) is 0 Å². The molecule has 0 saturated heterocycles. The lowest BCUT2D eigenvalue weighted by molar-refractivity contribution is 0.415. The normalized spacial score (nSPS) is 10.9. The SMILES string of the molecule is COc1cc2cc(-c3ccoc3)[nH]c2cc1Cl. The first-order valence-electron chi connectivity index (χ1n) is 5.17. The third kappa shape index (κ3) is 1.68. The van der Waals surface area contributed by atoms with Crippen LogP contribution in [0.3, 0.4) is 0 Å². The third-order valence-electron chi connectivity index (χ3n) is 2.73. The van der Waals surface area contributed by atoms with Gasteiger partial charge in [0.05, 0.1) is 24.7 Å². The number of ether oxygens (including phenoxy) is 1. The Labute approximate surface area is 103 Å². The van der Waals surface area contributed by atoms with Crippen molar-refractivity contribution in [2.75, 3.05) is 7.11 Å². The zero-order valence-electron chi connectivity index (χ0n) is 9.16. The van der Waals surface area contributed by atoms with Gasteiger partial charge in [0.15, 0.2) is 0 Å². The summed E-state index contributed by atoms with van der Waals surface area (Å²) in [4.78, 5) is 3.29. The number of hydrogen-bond donors (Lipinski definition) is 1. The van der Waals surface area contributed by atoms with Crippen molar-refractivity contribution in [1.82, 2.24) is 4.98 Å². The van der Waals surface area contributed by atoms with Gasteiger partial charge in [-0.2, -0.15) is 0 Å². The van der Waals surface area contributed by atoms with Crippen molar-refractivity contribution in [1.29, 1.82) is 0 Å². The molecule has 0 fully saturated rings. The molecule has 0 atom stereocenters. The van der Waals surface area contributed by atoms with Gasteiger partial charge in [0, 0.05) is 22.2 Å². The summed E-state index contributed by atoms with van der Waals surface area (Å²) in [6.07, 6.45) is 3.35. The molecule has 3 rings (SSSR count). The molecule has 3 nitrogen and oxygen atoms in total.